The molecule has 0 aliphatic rings. The van der Waals surface area contributed by atoms with Crippen LogP contribution in [0.2, 0.25) is 0 Å². The van der Waals surface area contributed by atoms with Crippen molar-refractivity contribution >= 4 is 5.69 Å². The highest BCUT2D eigenvalue weighted by molar-refractivity contribution is 5.51. The Morgan fingerprint density at radius 3 is 3.13 bits per heavy atom. The van der Waals surface area contributed by atoms with E-state index in [1.807, 2.05) is 13.0 Å². The number of aromatic nitrogens is 1. The predicted molar refractivity (Wildman–Crippen MR) is 58.9 cm³/mol. The second kappa shape index (κ2) is 5.53. The molecule has 0 amide bonds. The lowest BCUT2D eigenvalue weighted by molar-refractivity contribution is 1.01. The third-order valence-electron chi connectivity index (χ3n) is 1.67. The van der Waals surface area contributed by atoms with Gasteiger partial charge in [-0.25, -0.2) is 4.98 Å². The van der Waals surface area contributed by atoms with Gasteiger partial charge in [0.25, 0.3) is 0 Å². The number of aryl methyl sites for hydroxylation is 1. The van der Waals surface area contributed by atoms with Crippen LogP contribution in [0.5, 0.6) is 0 Å². The van der Waals surface area contributed by atoms with Gasteiger partial charge >= 0.3 is 0 Å². The van der Waals surface area contributed by atoms with Crippen molar-refractivity contribution in [3.05, 3.63) is 34.0 Å². The van der Waals surface area contributed by atoms with Crippen LogP contribution in [-0.2, 0) is 0 Å². The lowest BCUT2D eigenvalue weighted by Crippen LogP contribution is -1.95. The molecule has 1 heterocycles. The second-order valence-corrected chi connectivity index (χ2v) is 2.90. The number of hydrogen-bond donors (Lipinski definition) is 1. The Morgan fingerprint density at radius 1 is 1.60 bits per heavy atom. The van der Waals surface area contributed by atoms with E-state index in [0.29, 0.717) is 24.3 Å². The van der Waals surface area contributed by atoms with Gasteiger partial charge in [-0.3, -0.25) is 0 Å². The SMILES string of the molecule is Cc1ccc(N)c(C#CCCN=[N+]=[N-])n1. The molecule has 0 unspecified atom stereocenters. The zero-order valence-corrected chi connectivity index (χ0v) is 8.44. The van der Waals surface area contributed by atoms with E-state index in [1.165, 1.54) is 0 Å². The maximum atomic E-state index is 8.04. The molecule has 0 aliphatic heterocycles. The second-order valence-electron chi connectivity index (χ2n) is 2.90. The molecule has 0 atom stereocenters. The maximum Gasteiger partial charge on any atom is 0.136 e. The molecule has 1 rings (SSSR count). The molecule has 1 aromatic heterocycles. The van der Waals surface area contributed by atoms with Crippen LogP contribution in [0.15, 0.2) is 17.2 Å². The minimum atomic E-state index is 0.370. The van der Waals surface area contributed by atoms with Gasteiger partial charge in [-0.15, -0.1) is 0 Å². The Kier molecular flexibility index (Phi) is 4.02. The van der Waals surface area contributed by atoms with Crippen molar-refractivity contribution in [1.82, 2.24) is 4.98 Å². The third-order valence-corrected chi connectivity index (χ3v) is 1.67. The number of nitrogens with two attached hydrogens (primary N) is 1. The number of nitrogens with zero attached hydrogens (tertiary/aromatic N) is 4. The van der Waals surface area contributed by atoms with Crippen molar-refractivity contribution in [2.75, 3.05) is 12.3 Å². The Morgan fingerprint density at radius 2 is 2.40 bits per heavy atom. The molecule has 1 aromatic rings. The van der Waals surface area contributed by atoms with E-state index in [1.54, 1.807) is 6.07 Å². The minimum absolute atomic E-state index is 0.370. The molecule has 0 saturated carbocycles. The highest BCUT2D eigenvalue weighted by Crippen LogP contribution is 2.07. The molecular weight excluding hydrogens is 190 g/mol. The van der Waals surface area contributed by atoms with E-state index in [9.17, 15) is 0 Å². The van der Waals surface area contributed by atoms with Gasteiger partial charge in [0.2, 0.25) is 0 Å². The number of anilines is 1. The molecule has 2 N–H and O–H groups in total. The number of nitrogen functional groups attached to an aromatic ring is 1. The maximum absolute atomic E-state index is 8.04. The Hall–Kier alpha value is -2.18. The normalized spacial score (nSPS) is 8.60. The van der Waals surface area contributed by atoms with Crippen molar-refractivity contribution in [2.24, 2.45) is 5.11 Å². The number of rotatable bonds is 2. The van der Waals surface area contributed by atoms with Gasteiger partial charge in [-0.2, -0.15) is 0 Å². The Labute approximate surface area is 87.9 Å². The summed E-state index contributed by atoms with van der Waals surface area (Å²) in [5.41, 5.74) is 15.7. The molecule has 15 heavy (non-hydrogen) atoms. The fraction of sp³-hybridized carbons (Fsp3) is 0.300. The van der Waals surface area contributed by atoms with Crippen molar-refractivity contribution in [1.29, 1.82) is 0 Å². The summed E-state index contributed by atoms with van der Waals surface area (Å²) < 4.78 is 0. The van der Waals surface area contributed by atoms with E-state index in [2.05, 4.69) is 26.9 Å². The van der Waals surface area contributed by atoms with Crippen LogP contribution in [0.1, 0.15) is 17.8 Å². The van der Waals surface area contributed by atoms with E-state index < -0.39 is 0 Å². The van der Waals surface area contributed by atoms with Crippen LogP contribution in [0.25, 0.3) is 10.4 Å². The van der Waals surface area contributed by atoms with Gasteiger partial charge in [0.1, 0.15) is 5.69 Å². The topological polar surface area (TPSA) is 87.7 Å². The van der Waals surface area contributed by atoms with Crippen LogP contribution in [0.4, 0.5) is 5.69 Å². The molecule has 0 aromatic carbocycles. The van der Waals surface area contributed by atoms with Gasteiger partial charge in [0.05, 0.1) is 5.69 Å². The lowest BCUT2D eigenvalue weighted by Gasteiger charge is -1.97. The van der Waals surface area contributed by atoms with Crippen LogP contribution in [0, 0.1) is 18.8 Å². The molecule has 0 radical (unpaired) electrons. The molecule has 76 valence electrons. The van der Waals surface area contributed by atoms with Crippen LogP contribution < -0.4 is 5.73 Å². The molecule has 0 fully saturated rings. The number of pyridine rings is 1. The largest absolute Gasteiger partial charge is 0.396 e. The molecule has 0 aliphatic carbocycles. The lowest BCUT2D eigenvalue weighted by atomic mass is 10.2. The molecule has 0 saturated heterocycles. The van der Waals surface area contributed by atoms with Gasteiger partial charge < -0.3 is 5.73 Å². The zero-order chi connectivity index (χ0) is 11.1. The van der Waals surface area contributed by atoms with Crippen LogP contribution in [-0.4, -0.2) is 11.5 Å². The van der Waals surface area contributed by atoms with E-state index >= 15 is 0 Å². The van der Waals surface area contributed by atoms with Gasteiger partial charge in [0.15, 0.2) is 0 Å². The molecule has 5 nitrogen and oxygen atoms in total. The first-order valence-electron chi connectivity index (χ1n) is 4.47. The van der Waals surface area contributed by atoms with E-state index in [4.69, 9.17) is 11.3 Å². The van der Waals surface area contributed by atoms with E-state index in [-0.39, 0.29) is 0 Å². The predicted octanol–water partition coefficient (Wildman–Crippen LogP) is 2.02. The third kappa shape index (κ3) is 3.59. The molecule has 0 bridgehead atoms. The minimum Gasteiger partial charge on any atom is -0.396 e. The average Bonchev–Trinajstić information content (AvgIpc) is 2.23. The number of azide groups is 1. The fourth-order valence-electron chi connectivity index (χ4n) is 0.964. The summed E-state index contributed by atoms with van der Waals surface area (Å²) in [5.74, 6) is 5.69. The van der Waals surface area contributed by atoms with E-state index in [0.717, 1.165) is 5.69 Å². The quantitative estimate of drug-likeness (QED) is 0.261. The number of hydrogen-bond acceptors (Lipinski definition) is 3. The first-order valence-corrected chi connectivity index (χ1v) is 4.47. The van der Waals surface area contributed by atoms with Crippen molar-refractivity contribution < 1.29 is 0 Å². The van der Waals surface area contributed by atoms with Gasteiger partial charge in [-0.05, 0) is 30.5 Å². The summed E-state index contributed by atoms with van der Waals surface area (Å²) in [4.78, 5) is 6.82. The first kappa shape index (κ1) is 10.9. The summed E-state index contributed by atoms with van der Waals surface area (Å²) >= 11 is 0. The first-order chi connectivity index (χ1) is 7.24. The average molecular weight is 201 g/mol. The Bertz CT molecular complexity index is 449. The van der Waals surface area contributed by atoms with Crippen LogP contribution >= 0.6 is 0 Å². The summed E-state index contributed by atoms with van der Waals surface area (Å²) in [6, 6.07) is 3.61. The van der Waals surface area contributed by atoms with Gasteiger partial charge in [0, 0.05) is 23.6 Å². The highest BCUT2D eigenvalue weighted by atomic mass is 15.1. The van der Waals surface area contributed by atoms with Gasteiger partial charge in [-0.1, -0.05) is 11.0 Å². The van der Waals surface area contributed by atoms with Crippen LogP contribution in [0.3, 0.4) is 0 Å². The Balaban J connectivity index is 2.70. The molecule has 5 heteroatoms. The zero-order valence-electron chi connectivity index (χ0n) is 8.44. The fourth-order valence-corrected chi connectivity index (χ4v) is 0.964. The summed E-state index contributed by atoms with van der Waals surface area (Å²) in [5, 5.41) is 3.37. The van der Waals surface area contributed by atoms with Crippen molar-refractivity contribution in [3.8, 4) is 11.8 Å². The monoisotopic (exact) mass is 201 g/mol. The standard InChI is InChI=1S/C10H11N5/c1-8-5-6-9(11)10(14-8)4-2-3-7-13-15-12/h5-6H,3,7,11H2,1H3. The summed E-state index contributed by atoms with van der Waals surface area (Å²) in [6.45, 7) is 2.25. The summed E-state index contributed by atoms with van der Waals surface area (Å²) in [6.07, 6.45) is 0.513. The molecule has 0 spiro atoms. The molecular formula is C10H11N5. The van der Waals surface area contributed by atoms with Crippen molar-refractivity contribution in [3.63, 3.8) is 0 Å². The van der Waals surface area contributed by atoms with Crippen molar-refractivity contribution in [2.45, 2.75) is 13.3 Å². The summed E-state index contributed by atoms with van der Waals surface area (Å²) in [7, 11) is 0. The highest BCUT2D eigenvalue weighted by Gasteiger charge is 1.95. The smallest absolute Gasteiger partial charge is 0.136 e.